The lowest BCUT2D eigenvalue weighted by molar-refractivity contribution is -0.216. The normalized spacial score (nSPS) is 11.1. The molecule has 0 bridgehead atoms. The summed E-state index contributed by atoms with van der Waals surface area (Å²) < 4.78 is 55.9. The molecule has 0 aromatic heterocycles. The quantitative estimate of drug-likeness (QED) is 0.0169. The lowest BCUT2D eigenvalue weighted by atomic mass is 10.2. The molecule has 1 atom stereocenters. The van der Waals surface area contributed by atoms with Gasteiger partial charge in [-0.15, -0.1) is 0 Å². The van der Waals surface area contributed by atoms with Crippen molar-refractivity contribution in [1.82, 2.24) is 10.2 Å². The highest BCUT2D eigenvalue weighted by Crippen LogP contribution is 2.33. The number of anilines is 4. The van der Waals surface area contributed by atoms with Gasteiger partial charge in [0.1, 0.15) is 0 Å². The van der Waals surface area contributed by atoms with Crippen molar-refractivity contribution in [2.45, 2.75) is 452 Å². The van der Waals surface area contributed by atoms with Gasteiger partial charge in [0, 0.05) is 170 Å². The van der Waals surface area contributed by atoms with Crippen LogP contribution in [0.4, 0.5) is 40.3 Å². The molecule has 5 aromatic carbocycles. The molecule has 862 valence electrons. The van der Waals surface area contributed by atoms with Crippen LogP contribution in [0.2, 0.25) is 194 Å². The van der Waals surface area contributed by atoms with Gasteiger partial charge in [-0.25, -0.2) is 4.39 Å². The van der Waals surface area contributed by atoms with Gasteiger partial charge >= 0.3 is 12.1 Å². The molecule has 30 heteroatoms. The van der Waals surface area contributed by atoms with Crippen LogP contribution in [0.1, 0.15) is 239 Å². The molecule has 5 rings (SSSR count). The highest BCUT2D eigenvalue weighted by molar-refractivity contribution is 14.1. The summed E-state index contributed by atoms with van der Waals surface area (Å²) in [5.74, 6) is 1.28. The van der Waals surface area contributed by atoms with Gasteiger partial charge in [-0.1, -0.05) is 468 Å². The Kier molecular flexibility index (Phi) is 103. The predicted molar refractivity (Wildman–Crippen MR) is 697 cm³/mol. The van der Waals surface area contributed by atoms with E-state index >= 15 is 0 Å². The van der Waals surface area contributed by atoms with Crippen molar-refractivity contribution in [1.29, 1.82) is 0 Å². The second-order valence-corrected chi connectivity index (χ2v) is 101. The lowest BCUT2D eigenvalue weighted by Gasteiger charge is -2.30. The molecule has 0 heterocycles. The van der Waals surface area contributed by atoms with Crippen molar-refractivity contribution in [2.75, 3.05) is 85.5 Å². The largest absolute Gasteiger partial charge is 0.466 e. The number of hydrogen-bond donors (Lipinski definition) is 1. The van der Waals surface area contributed by atoms with E-state index in [9.17, 15) is 51.1 Å². The standard InChI is InChI=1S/2C14H23NOSi.C12H19NOSi.C12H22Si2.C10H13NO.C7H20Si2.C5H11I.C5H11NO.2C5H14Si.C5H12.C4H6F4.C4H9I.C4H9NO.C4H8O2.C4H10O.C3H8/c1-6-10-17(4,5)14-9-7-8-13(11-14)15(3)12(2)16;1-5-11-17(3,4)12-15(13(2)16)14-9-7-6-8-10-14;1-11(14)13(10-15(2,3)4)12-8-6-5-7-9-12;1-13(2,3)11-7-9-12(10-8-11)14(4,5)6;1-3-11(9(2)12)10-7-5-4-6-8-10;1-8(2,3)7-9(4,5)6;1-4-5(2,3)6;1-4-6(3)5(2)7;2*1-5-6(2,3)4;1-4-5(2)3;1-3(2,5)4(6,7)8;1-3-4(2)5;1-3-5-4(2)6;1-3-6-4(2)5;1-3-5-4-2;1-3-2/h7-9,11H,6,10H2,1-5H3;6-10H,5,11-12H2,1-4H3;5-9H,10H2,1-4H3;7-10H,1-6H3;4-8H,3H2,1-2H3;7H2,1-6H3;4H2,1-3H3;4H2,1-3H3;2*5H2,1-4H3;5H,4H2,1-3H3;1-2H3;4H,3H2,1-2H3;3H2,1-2H3,(H,5,6);3H2,1-2H3;3-4H2,1-2H3;3H2,1-2H3. The maximum absolute atomic E-state index is 11.8. The first-order valence-corrected chi connectivity index (χ1v) is 88.6. The number of esters is 1. The number of nitrogens with one attached hydrogen (secondary N) is 1. The molecule has 0 saturated heterocycles. The van der Waals surface area contributed by atoms with Crippen molar-refractivity contribution < 1.29 is 60.6 Å². The summed E-state index contributed by atoms with van der Waals surface area (Å²) >= 11 is 4.85. The van der Waals surface area contributed by atoms with E-state index in [4.69, 9.17) is 4.74 Å². The Morgan fingerprint density at radius 1 is 0.395 bits per heavy atom. The van der Waals surface area contributed by atoms with Gasteiger partial charge in [0.25, 0.3) is 0 Å². The van der Waals surface area contributed by atoms with Gasteiger partial charge in [0.15, 0.2) is 5.67 Å². The van der Waals surface area contributed by atoms with Crippen molar-refractivity contribution in [2.24, 2.45) is 5.92 Å². The number of rotatable bonds is 28. The van der Waals surface area contributed by atoms with Crippen LogP contribution in [0, 0.1) is 5.92 Å². The number of para-hydroxylation sites is 3. The maximum atomic E-state index is 11.8. The van der Waals surface area contributed by atoms with Crippen LogP contribution in [0.3, 0.4) is 0 Å². The Balaban J connectivity index is -0.000000134. The van der Waals surface area contributed by atoms with Gasteiger partial charge in [-0.3, -0.25) is 33.6 Å². The first-order valence-electron chi connectivity index (χ1n) is 54.1. The Morgan fingerprint density at radius 3 is 0.850 bits per heavy atom. The number of halogens is 6. The third kappa shape index (κ3) is 120. The average molecular weight is 2450 g/mol. The van der Waals surface area contributed by atoms with E-state index in [2.05, 4.69) is 358 Å². The van der Waals surface area contributed by atoms with Gasteiger partial charge in [0.05, 0.1) is 47.0 Å². The molecule has 15 nitrogen and oxygen atoms in total. The van der Waals surface area contributed by atoms with Crippen LogP contribution in [0.15, 0.2) is 140 Å². The van der Waals surface area contributed by atoms with E-state index in [1.54, 1.807) is 79.3 Å². The molecule has 0 saturated carbocycles. The van der Waals surface area contributed by atoms with E-state index in [-0.39, 0.29) is 41.4 Å². The van der Waals surface area contributed by atoms with E-state index in [0.717, 1.165) is 77.8 Å². The van der Waals surface area contributed by atoms with Crippen LogP contribution in [0.5, 0.6) is 0 Å². The van der Waals surface area contributed by atoms with Crippen molar-refractivity contribution in [3.8, 4) is 0 Å². The molecule has 0 aliphatic rings. The highest BCUT2D eigenvalue weighted by Gasteiger charge is 2.48. The molecular formula is C117H232F4I2N6O9Si9. The number of ether oxygens (including phenoxy) is 2. The summed E-state index contributed by atoms with van der Waals surface area (Å²) in [6.45, 7) is 119. The van der Waals surface area contributed by atoms with Gasteiger partial charge in [-0.2, -0.15) is 13.2 Å². The molecule has 0 fully saturated rings. The second kappa shape index (κ2) is 90.7. The van der Waals surface area contributed by atoms with E-state index < -0.39 is 84.5 Å². The molecule has 5 aromatic rings. The number of carbonyl (C=O) groups is 7. The molecule has 0 aliphatic heterocycles. The van der Waals surface area contributed by atoms with E-state index in [1.807, 2.05) is 149 Å². The van der Waals surface area contributed by atoms with Crippen molar-refractivity contribution in [3.05, 3.63) is 140 Å². The zero-order valence-electron chi connectivity index (χ0n) is 106. The number of amides is 6. The van der Waals surface area contributed by atoms with Crippen LogP contribution in [0.25, 0.3) is 0 Å². The van der Waals surface area contributed by atoms with Crippen LogP contribution >= 0.6 is 45.2 Å². The number of benzene rings is 5. The molecule has 147 heavy (non-hydrogen) atoms. The summed E-state index contributed by atoms with van der Waals surface area (Å²) in [7, 11) is -5.21. The van der Waals surface area contributed by atoms with Gasteiger partial charge in [0.2, 0.25) is 35.4 Å². The minimum absolute atomic E-state index is 0.0394. The van der Waals surface area contributed by atoms with Gasteiger partial charge < -0.3 is 39.3 Å². The summed E-state index contributed by atoms with van der Waals surface area (Å²) in [6, 6.07) is 52.8. The zero-order valence-corrected chi connectivity index (χ0v) is 119. The first kappa shape index (κ1) is 168. The first-order chi connectivity index (χ1) is 66.4. The SMILES string of the molecule is CC(=O)N(C[Si](C)(C)C)c1ccccc1.CC(C)(F)C(F)(F)F.CCC.CCC(C)(C)I.CCC(C)C.CCC(C)I.CCC[Si](C)(C)CN(C(C)=O)c1ccccc1.CCC[Si](C)(C)c1cccc(N(C)C(C)=O)c1.CCN(C(C)=O)c1ccccc1.CCN(C)C(C)=O.CCNC(C)=O.CCOC(C)=O.CCOCC.CC[Si](C)(C)C.CC[Si](C)(C)C.C[Si](C)(C)C[Si](C)(C)C.C[Si](C)(C)c1ccc([Si](C)(C)C)cc1. The van der Waals surface area contributed by atoms with Crippen LogP contribution in [-0.2, 0) is 43.0 Å². The monoisotopic (exact) mass is 2450 g/mol. The minimum Gasteiger partial charge on any atom is -0.466 e. The number of nitrogens with zero attached hydrogens (tertiary/aromatic N) is 5. The molecule has 0 radical (unpaired) electrons. The predicted octanol–water partition coefficient (Wildman–Crippen LogP) is 35.2. The lowest BCUT2D eigenvalue weighted by Crippen LogP contribution is -2.44. The number of alkyl halides is 6. The Bertz CT molecular complexity index is 3900. The van der Waals surface area contributed by atoms with E-state index in [0.29, 0.717) is 23.9 Å². The fourth-order valence-electron chi connectivity index (χ4n) is 10.9. The molecule has 1 N–H and O–H groups in total. The minimum atomic E-state index is -4.73. The van der Waals surface area contributed by atoms with Crippen LogP contribution < -0.4 is 40.5 Å². The Hall–Kier alpha value is -4.52. The third-order valence-electron chi connectivity index (χ3n) is 21.1. The summed E-state index contributed by atoms with van der Waals surface area (Å²) in [5, 5.41) is 7.14. The van der Waals surface area contributed by atoms with Gasteiger partial charge in [-0.05, 0) is 123 Å². The smallest absolute Gasteiger partial charge is 0.421 e. The molecule has 0 spiro atoms. The molecule has 1 unspecified atom stereocenters. The zero-order chi connectivity index (χ0) is 119. The van der Waals surface area contributed by atoms with Crippen molar-refractivity contribution >= 4 is 198 Å². The summed E-state index contributed by atoms with van der Waals surface area (Å²) in [6.07, 6.45) is 4.61. The molecule has 0 aliphatic carbocycles. The Morgan fingerprint density at radius 2 is 0.694 bits per heavy atom. The highest BCUT2D eigenvalue weighted by atomic mass is 127. The molecule has 6 amide bonds. The topological polar surface area (TPSA) is 166 Å². The Labute approximate surface area is 943 Å². The van der Waals surface area contributed by atoms with E-state index in [1.165, 1.54) is 81.7 Å². The van der Waals surface area contributed by atoms with Crippen molar-refractivity contribution in [3.63, 3.8) is 0 Å². The fourth-order valence-corrected chi connectivity index (χ4v) is 32.7. The number of hydrogen-bond acceptors (Lipinski definition) is 9. The second-order valence-electron chi connectivity index (χ2n) is 47.5. The number of carbonyl (C=O) groups excluding carboxylic acids is 7. The average Bonchev–Trinajstić information content (AvgIpc) is 0.840. The third-order valence-corrected chi connectivity index (χ3v) is 47.5. The molecular weight excluding hydrogens is 2220 g/mol. The summed E-state index contributed by atoms with van der Waals surface area (Å²) in [4.78, 5) is 84.8. The fraction of sp³-hybridized carbons (Fsp3) is 0.684. The maximum Gasteiger partial charge on any atom is 0.421 e. The van der Waals surface area contributed by atoms with Crippen LogP contribution in [-0.4, -0.2) is 204 Å². The summed E-state index contributed by atoms with van der Waals surface area (Å²) in [5.41, 5.74) is 2.51.